The van der Waals surface area contributed by atoms with Crippen molar-refractivity contribution in [1.29, 1.82) is 0 Å². The summed E-state index contributed by atoms with van der Waals surface area (Å²) in [6.45, 7) is 3.57. The highest BCUT2D eigenvalue weighted by atomic mass is 79.9. The number of hydrogen-bond donors (Lipinski definition) is 1. The molecular formula is C13H16BrNO2. The van der Waals surface area contributed by atoms with Crippen molar-refractivity contribution in [2.24, 2.45) is 5.73 Å². The summed E-state index contributed by atoms with van der Waals surface area (Å²) in [6.07, 6.45) is 2.45. The highest BCUT2D eigenvalue weighted by molar-refractivity contribution is 9.10. The molecule has 0 aliphatic carbocycles. The number of Topliss-reactive ketones (excluding diaryl/α,β-unsaturated/α-hetero) is 1. The fourth-order valence-corrected chi connectivity index (χ4v) is 1.83. The zero-order valence-corrected chi connectivity index (χ0v) is 11.4. The van der Waals surface area contributed by atoms with Crippen molar-refractivity contribution in [1.82, 2.24) is 0 Å². The van der Waals surface area contributed by atoms with Gasteiger partial charge in [-0.1, -0.05) is 22.0 Å². The number of ether oxygens (including phenoxy) is 1. The van der Waals surface area contributed by atoms with E-state index in [-0.39, 0.29) is 5.78 Å². The largest absolute Gasteiger partial charge is 0.497 e. The molecule has 0 bridgehead atoms. The molecule has 0 spiro atoms. The van der Waals surface area contributed by atoms with Gasteiger partial charge < -0.3 is 10.5 Å². The zero-order valence-electron chi connectivity index (χ0n) is 9.78. The maximum absolute atomic E-state index is 11.8. The second-order valence-corrected chi connectivity index (χ2v) is 4.59. The van der Waals surface area contributed by atoms with Crippen LogP contribution in [0.25, 0.3) is 0 Å². The summed E-state index contributed by atoms with van der Waals surface area (Å²) in [4.78, 5) is 11.8. The molecule has 0 aromatic heterocycles. The number of ketones is 1. The van der Waals surface area contributed by atoms with Crippen LogP contribution in [-0.4, -0.2) is 18.9 Å². The van der Waals surface area contributed by atoms with E-state index in [0.29, 0.717) is 12.8 Å². The summed E-state index contributed by atoms with van der Waals surface area (Å²) in [5.74, 6) is 0.729. The van der Waals surface area contributed by atoms with Gasteiger partial charge in [0, 0.05) is 10.9 Å². The Morgan fingerprint density at radius 1 is 1.65 bits per heavy atom. The predicted octanol–water partition coefficient (Wildman–Crippen LogP) is 2.47. The first-order chi connectivity index (χ1) is 8.08. The van der Waals surface area contributed by atoms with Crippen LogP contribution in [0.2, 0.25) is 0 Å². The molecule has 3 nitrogen and oxygen atoms in total. The second-order valence-electron chi connectivity index (χ2n) is 3.73. The van der Waals surface area contributed by atoms with Gasteiger partial charge in [-0.25, -0.2) is 0 Å². The van der Waals surface area contributed by atoms with Crippen molar-refractivity contribution in [3.05, 3.63) is 40.9 Å². The first kappa shape index (κ1) is 13.9. The monoisotopic (exact) mass is 297 g/mol. The highest BCUT2D eigenvalue weighted by Gasteiger charge is 2.14. The number of halogens is 1. The fourth-order valence-electron chi connectivity index (χ4n) is 1.44. The lowest BCUT2D eigenvalue weighted by Gasteiger charge is -2.10. The Labute approximate surface area is 110 Å². The topological polar surface area (TPSA) is 52.3 Å². The minimum absolute atomic E-state index is 0.00106. The van der Waals surface area contributed by atoms with E-state index in [0.717, 1.165) is 15.8 Å². The fraction of sp³-hybridized carbons (Fsp3) is 0.308. The Balaban J connectivity index is 2.80. The lowest BCUT2D eigenvalue weighted by Crippen LogP contribution is -2.31. The molecule has 17 heavy (non-hydrogen) atoms. The first-order valence-corrected chi connectivity index (χ1v) is 6.09. The normalized spacial score (nSPS) is 11.9. The molecule has 1 aromatic carbocycles. The number of benzene rings is 1. The summed E-state index contributed by atoms with van der Waals surface area (Å²) < 4.78 is 6.01. The number of carbonyl (C=O) groups excluding carboxylic acids is 1. The maximum Gasteiger partial charge on any atom is 0.154 e. The van der Waals surface area contributed by atoms with Gasteiger partial charge in [0.25, 0.3) is 0 Å². The van der Waals surface area contributed by atoms with Gasteiger partial charge in [0.2, 0.25) is 0 Å². The Morgan fingerprint density at radius 3 is 2.94 bits per heavy atom. The Morgan fingerprint density at radius 2 is 2.35 bits per heavy atom. The number of nitrogens with two attached hydrogens (primary N) is 1. The quantitative estimate of drug-likeness (QED) is 0.821. The average Bonchev–Trinajstić information content (AvgIpc) is 2.32. The van der Waals surface area contributed by atoms with Crippen LogP contribution in [0.15, 0.2) is 35.3 Å². The number of hydrogen-bond acceptors (Lipinski definition) is 3. The summed E-state index contributed by atoms with van der Waals surface area (Å²) in [5.41, 5.74) is 6.61. The van der Waals surface area contributed by atoms with E-state index >= 15 is 0 Å². The standard InChI is InChI=1S/C13H16BrNO2/c1-3-4-12(15)13(16)8-9-7-10(17-2)5-6-11(9)14/h3,5-7,12H,1,4,8,15H2,2H3. The molecule has 0 fully saturated rings. The molecule has 0 radical (unpaired) electrons. The lowest BCUT2D eigenvalue weighted by molar-refractivity contribution is -0.119. The third kappa shape index (κ3) is 3.98. The van der Waals surface area contributed by atoms with E-state index in [4.69, 9.17) is 10.5 Å². The molecule has 0 aliphatic rings. The molecule has 4 heteroatoms. The molecule has 1 unspecified atom stereocenters. The lowest BCUT2D eigenvalue weighted by atomic mass is 10.0. The SMILES string of the molecule is C=CCC(N)C(=O)Cc1cc(OC)ccc1Br. The van der Waals surface area contributed by atoms with Gasteiger partial charge in [-0.05, 0) is 30.2 Å². The molecule has 1 aromatic rings. The smallest absolute Gasteiger partial charge is 0.154 e. The summed E-state index contributed by atoms with van der Waals surface area (Å²) in [6, 6.07) is 5.05. The van der Waals surface area contributed by atoms with Crippen molar-refractivity contribution < 1.29 is 9.53 Å². The Bertz CT molecular complexity index is 418. The van der Waals surface area contributed by atoms with Gasteiger partial charge in [0.05, 0.1) is 13.2 Å². The Hall–Kier alpha value is -1.13. The van der Waals surface area contributed by atoms with E-state index in [1.165, 1.54) is 0 Å². The second kappa shape index (κ2) is 6.57. The first-order valence-electron chi connectivity index (χ1n) is 5.30. The van der Waals surface area contributed by atoms with Crippen molar-refractivity contribution in [2.45, 2.75) is 18.9 Å². The van der Waals surface area contributed by atoms with Crippen molar-refractivity contribution in [3.63, 3.8) is 0 Å². The highest BCUT2D eigenvalue weighted by Crippen LogP contribution is 2.23. The van der Waals surface area contributed by atoms with E-state index in [2.05, 4.69) is 22.5 Å². The van der Waals surface area contributed by atoms with Crippen LogP contribution >= 0.6 is 15.9 Å². The molecule has 0 aliphatic heterocycles. The van der Waals surface area contributed by atoms with E-state index < -0.39 is 6.04 Å². The predicted molar refractivity (Wildman–Crippen MR) is 72.2 cm³/mol. The van der Waals surface area contributed by atoms with Crippen LogP contribution in [0, 0.1) is 0 Å². The summed E-state index contributed by atoms with van der Waals surface area (Å²) in [7, 11) is 1.60. The molecule has 92 valence electrons. The van der Waals surface area contributed by atoms with Gasteiger partial charge in [-0.3, -0.25) is 4.79 Å². The van der Waals surface area contributed by atoms with Crippen LogP contribution in [-0.2, 0) is 11.2 Å². The van der Waals surface area contributed by atoms with Gasteiger partial charge >= 0.3 is 0 Å². The molecule has 0 amide bonds. The van der Waals surface area contributed by atoms with Crippen LogP contribution < -0.4 is 10.5 Å². The van der Waals surface area contributed by atoms with E-state index in [1.807, 2.05) is 18.2 Å². The van der Waals surface area contributed by atoms with Crippen molar-refractivity contribution in [2.75, 3.05) is 7.11 Å². The molecular weight excluding hydrogens is 282 g/mol. The van der Waals surface area contributed by atoms with E-state index in [1.54, 1.807) is 13.2 Å². The minimum Gasteiger partial charge on any atom is -0.497 e. The Kier molecular flexibility index (Phi) is 5.38. The van der Waals surface area contributed by atoms with Crippen LogP contribution in [0.4, 0.5) is 0 Å². The van der Waals surface area contributed by atoms with Gasteiger partial charge in [-0.2, -0.15) is 0 Å². The van der Waals surface area contributed by atoms with Crippen LogP contribution in [0.3, 0.4) is 0 Å². The van der Waals surface area contributed by atoms with Gasteiger partial charge in [-0.15, -0.1) is 6.58 Å². The summed E-state index contributed by atoms with van der Waals surface area (Å²) >= 11 is 3.41. The van der Waals surface area contributed by atoms with E-state index in [9.17, 15) is 4.79 Å². The molecule has 1 atom stereocenters. The third-order valence-electron chi connectivity index (χ3n) is 2.45. The molecule has 0 saturated heterocycles. The number of methoxy groups -OCH3 is 1. The third-order valence-corrected chi connectivity index (χ3v) is 3.23. The number of carbonyl (C=O) groups is 1. The molecule has 0 saturated carbocycles. The molecule has 2 N–H and O–H groups in total. The minimum atomic E-state index is -0.481. The van der Waals surface area contributed by atoms with Gasteiger partial charge in [0.1, 0.15) is 5.75 Å². The maximum atomic E-state index is 11.8. The van der Waals surface area contributed by atoms with Crippen LogP contribution in [0.5, 0.6) is 5.75 Å². The van der Waals surface area contributed by atoms with Crippen molar-refractivity contribution >= 4 is 21.7 Å². The average molecular weight is 298 g/mol. The summed E-state index contributed by atoms with van der Waals surface area (Å²) in [5, 5.41) is 0. The van der Waals surface area contributed by atoms with Gasteiger partial charge in [0.15, 0.2) is 5.78 Å². The number of rotatable bonds is 6. The molecule has 0 heterocycles. The molecule has 1 rings (SSSR count). The van der Waals surface area contributed by atoms with Crippen molar-refractivity contribution in [3.8, 4) is 5.75 Å². The van der Waals surface area contributed by atoms with Crippen LogP contribution in [0.1, 0.15) is 12.0 Å². The zero-order chi connectivity index (χ0) is 12.8.